The highest BCUT2D eigenvalue weighted by atomic mass is 16.3. The van der Waals surface area contributed by atoms with E-state index in [0.29, 0.717) is 12.5 Å². The summed E-state index contributed by atoms with van der Waals surface area (Å²) in [5, 5.41) is 13.4. The predicted octanol–water partition coefficient (Wildman–Crippen LogP) is 2.87. The minimum atomic E-state index is -0.267. The molecule has 2 nitrogen and oxygen atoms in total. The molecule has 0 aromatic heterocycles. The van der Waals surface area contributed by atoms with Gasteiger partial charge in [0, 0.05) is 6.54 Å². The number of rotatable bonds is 5. The maximum absolute atomic E-state index is 10.1. The van der Waals surface area contributed by atoms with Gasteiger partial charge in [0.1, 0.15) is 0 Å². The van der Waals surface area contributed by atoms with Crippen LogP contribution in [0.2, 0.25) is 0 Å². The van der Waals surface area contributed by atoms with Crippen LogP contribution in [0.3, 0.4) is 0 Å². The van der Waals surface area contributed by atoms with Crippen molar-refractivity contribution in [3.63, 3.8) is 0 Å². The standard InChI is InChI=1S/C14H27NO/c1-12(2)10-15-11-14(16)13-8-6-4-3-5-7-9-13/h8,12,14-16H,3-7,9-11H2,1-2H3. The van der Waals surface area contributed by atoms with Gasteiger partial charge < -0.3 is 10.4 Å². The van der Waals surface area contributed by atoms with Crippen molar-refractivity contribution in [2.75, 3.05) is 13.1 Å². The lowest BCUT2D eigenvalue weighted by atomic mass is 9.96. The zero-order valence-electron chi connectivity index (χ0n) is 10.8. The van der Waals surface area contributed by atoms with Gasteiger partial charge in [-0.05, 0) is 43.7 Å². The van der Waals surface area contributed by atoms with Crippen molar-refractivity contribution >= 4 is 0 Å². The maximum Gasteiger partial charge on any atom is 0.0874 e. The summed E-state index contributed by atoms with van der Waals surface area (Å²) in [5.74, 6) is 0.651. The Hall–Kier alpha value is -0.340. The maximum atomic E-state index is 10.1. The first-order valence-corrected chi connectivity index (χ1v) is 6.78. The van der Waals surface area contributed by atoms with Gasteiger partial charge in [-0.25, -0.2) is 0 Å². The Morgan fingerprint density at radius 1 is 1.19 bits per heavy atom. The van der Waals surface area contributed by atoms with Gasteiger partial charge in [0.05, 0.1) is 6.10 Å². The van der Waals surface area contributed by atoms with Crippen LogP contribution in [0.4, 0.5) is 0 Å². The van der Waals surface area contributed by atoms with Crippen LogP contribution in [0.5, 0.6) is 0 Å². The fraction of sp³-hybridized carbons (Fsp3) is 0.857. The molecule has 0 heterocycles. The van der Waals surface area contributed by atoms with Crippen molar-refractivity contribution in [2.24, 2.45) is 5.92 Å². The van der Waals surface area contributed by atoms with Crippen molar-refractivity contribution in [3.8, 4) is 0 Å². The Morgan fingerprint density at radius 2 is 1.94 bits per heavy atom. The van der Waals surface area contributed by atoms with E-state index in [1.54, 1.807) is 0 Å². The van der Waals surface area contributed by atoms with E-state index < -0.39 is 0 Å². The van der Waals surface area contributed by atoms with Gasteiger partial charge in [0.15, 0.2) is 0 Å². The van der Waals surface area contributed by atoms with E-state index in [1.165, 1.54) is 31.3 Å². The second-order valence-corrected chi connectivity index (χ2v) is 5.30. The number of hydrogen-bond acceptors (Lipinski definition) is 2. The van der Waals surface area contributed by atoms with Crippen LogP contribution in [0.25, 0.3) is 0 Å². The fourth-order valence-electron chi connectivity index (χ4n) is 2.16. The zero-order chi connectivity index (χ0) is 11.8. The smallest absolute Gasteiger partial charge is 0.0874 e. The first-order chi connectivity index (χ1) is 7.70. The lowest BCUT2D eigenvalue weighted by molar-refractivity contribution is 0.199. The van der Waals surface area contributed by atoms with E-state index in [1.807, 2.05) is 0 Å². The molecular weight excluding hydrogens is 198 g/mol. The number of nitrogens with one attached hydrogen (secondary N) is 1. The molecule has 16 heavy (non-hydrogen) atoms. The van der Waals surface area contributed by atoms with Crippen molar-refractivity contribution in [3.05, 3.63) is 11.6 Å². The Bertz CT molecular complexity index is 211. The second kappa shape index (κ2) is 7.86. The molecular formula is C14H27NO. The number of aliphatic hydroxyl groups is 1. The van der Waals surface area contributed by atoms with Gasteiger partial charge in [0.2, 0.25) is 0 Å². The molecule has 1 unspecified atom stereocenters. The van der Waals surface area contributed by atoms with E-state index in [4.69, 9.17) is 0 Å². The summed E-state index contributed by atoms with van der Waals surface area (Å²) in [5.41, 5.74) is 1.26. The minimum Gasteiger partial charge on any atom is -0.387 e. The SMILES string of the molecule is CC(C)CNCC(O)C1=CCCCCCC1. The number of aliphatic hydroxyl groups excluding tert-OH is 1. The lowest BCUT2D eigenvalue weighted by Gasteiger charge is -2.18. The third-order valence-electron chi connectivity index (χ3n) is 3.14. The molecule has 0 fully saturated rings. The van der Waals surface area contributed by atoms with E-state index in [9.17, 15) is 5.11 Å². The minimum absolute atomic E-state index is 0.267. The highest BCUT2D eigenvalue weighted by molar-refractivity contribution is 5.09. The van der Waals surface area contributed by atoms with Crippen molar-refractivity contribution < 1.29 is 5.11 Å². The van der Waals surface area contributed by atoms with E-state index >= 15 is 0 Å². The molecule has 94 valence electrons. The highest BCUT2D eigenvalue weighted by Crippen LogP contribution is 2.19. The van der Waals surface area contributed by atoms with Crippen LogP contribution in [0.15, 0.2) is 11.6 Å². The Kier molecular flexibility index (Phi) is 6.74. The highest BCUT2D eigenvalue weighted by Gasteiger charge is 2.11. The summed E-state index contributed by atoms with van der Waals surface area (Å²) in [4.78, 5) is 0. The molecule has 2 N–H and O–H groups in total. The molecule has 0 bridgehead atoms. The fourth-order valence-corrected chi connectivity index (χ4v) is 2.16. The van der Waals surface area contributed by atoms with Crippen LogP contribution < -0.4 is 5.32 Å². The third kappa shape index (κ3) is 5.66. The molecule has 1 aliphatic rings. The molecule has 0 aromatic carbocycles. The average Bonchev–Trinajstić information content (AvgIpc) is 2.15. The molecule has 0 saturated heterocycles. The van der Waals surface area contributed by atoms with Crippen LogP contribution in [-0.2, 0) is 0 Å². The van der Waals surface area contributed by atoms with E-state index in [0.717, 1.165) is 19.4 Å². The molecule has 1 aliphatic carbocycles. The Morgan fingerprint density at radius 3 is 2.69 bits per heavy atom. The molecule has 0 amide bonds. The van der Waals surface area contributed by atoms with Gasteiger partial charge in [-0.3, -0.25) is 0 Å². The molecule has 0 aliphatic heterocycles. The van der Waals surface area contributed by atoms with Crippen molar-refractivity contribution in [2.45, 2.75) is 58.5 Å². The first-order valence-electron chi connectivity index (χ1n) is 6.78. The summed E-state index contributed by atoms with van der Waals surface area (Å²) < 4.78 is 0. The Labute approximate surface area is 100 Å². The van der Waals surface area contributed by atoms with Gasteiger partial charge >= 0.3 is 0 Å². The topological polar surface area (TPSA) is 32.3 Å². The van der Waals surface area contributed by atoms with Crippen molar-refractivity contribution in [1.82, 2.24) is 5.32 Å². The molecule has 0 radical (unpaired) electrons. The molecule has 0 saturated carbocycles. The number of allylic oxidation sites excluding steroid dienone is 1. The predicted molar refractivity (Wildman–Crippen MR) is 69.5 cm³/mol. The molecule has 0 aromatic rings. The average molecular weight is 225 g/mol. The summed E-state index contributed by atoms with van der Waals surface area (Å²) in [7, 11) is 0. The normalized spacial score (nSPS) is 20.1. The number of hydrogen-bond donors (Lipinski definition) is 2. The van der Waals surface area contributed by atoms with Gasteiger partial charge in [0.25, 0.3) is 0 Å². The molecule has 1 rings (SSSR count). The summed E-state index contributed by atoms with van der Waals surface area (Å²) in [6.07, 6.45) is 9.44. The lowest BCUT2D eigenvalue weighted by Crippen LogP contribution is -2.31. The third-order valence-corrected chi connectivity index (χ3v) is 3.14. The van der Waals surface area contributed by atoms with Crippen LogP contribution in [-0.4, -0.2) is 24.3 Å². The first kappa shape index (κ1) is 13.7. The van der Waals surface area contributed by atoms with Crippen LogP contribution in [0.1, 0.15) is 52.4 Å². The summed E-state index contributed by atoms with van der Waals surface area (Å²) in [6, 6.07) is 0. The van der Waals surface area contributed by atoms with Crippen molar-refractivity contribution in [1.29, 1.82) is 0 Å². The van der Waals surface area contributed by atoms with Crippen LogP contribution >= 0.6 is 0 Å². The summed E-state index contributed by atoms with van der Waals surface area (Å²) in [6.45, 7) is 6.08. The zero-order valence-corrected chi connectivity index (χ0v) is 10.8. The molecule has 0 spiro atoms. The molecule has 2 heteroatoms. The monoisotopic (exact) mass is 225 g/mol. The Balaban J connectivity index is 2.29. The summed E-state index contributed by atoms with van der Waals surface area (Å²) >= 11 is 0. The van der Waals surface area contributed by atoms with Gasteiger partial charge in [-0.15, -0.1) is 0 Å². The largest absolute Gasteiger partial charge is 0.387 e. The second-order valence-electron chi connectivity index (χ2n) is 5.30. The quantitative estimate of drug-likeness (QED) is 0.705. The van der Waals surface area contributed by atoms with E-state index in [2.05, 4.69) is 25.2 Å². The van der Waals surface area contributed by atoms with Crippen LogP contribution in [0, 0.1) is 5.92 Å². The van der Waals surface area contributed by atoms with Gasteiger partial charge in [-0.2, -0.15) is 0 Å². The van der Waals surface area contributed by atoms with E-state index in [-0.39, 0.29) is 6.10 Å². The molecule has 1 atom stereocenters. The van der Waals surface area contributed by atoms with Gasteiger partial charge in [-0.1, -0.05) is 32.8 Å².